The Balaban J connectivity index is 0.00000167. The number of nitrogens with one attached hydrogen (secondary N) is 2. The average molecular weight is 495 g/mol. The number of allylic oxidation sites excluding steroid dienone is 2. The number of fused-ring (bicyclic) bond motifs is 1. The van der Waals surface area contributed by atoms with Gasteiger partial charge in [0.1, 0.15) is 0 Å². The number of rotatable bonds is 6. The Morgan fingerprint density at radius 2 is 1.83 bits per heavy atom. The smallest absolute Gasteiger partial charge is 0.257 e. The van der Waals surface area contributed by atoms with Gasteiger partial charge < -0.3 is 10.6 Å². The van der Waals surface area contributed by atoms with Crippen molar-refractivity contribution in [3.8, 4) is 0 Å². The molecule has 2 N–H and O–H groups in total. The van der Waals surface area contributed by atoms with Gasteiger partial charge in [-0.15, -0.1) is 0 Å². The van der Waals surface area contributed by atoms with Crippen LogP contribution in [0.2, 0.25) is 0 Å². The number of carbonyl (C=O) groups is 1. The van der Waals surface area contributed by atoms with Crippen molar-refractivity contribution in [3.63, 3.8) is 0 Å². The Labute approximate surface area is 209 Å². The normalized spacial score (nSPS) is 13.2. The predicted octanol–water partition coefficient (Wildman–Crippen LogP) is 5.95. The van der Waals surface area contributed by atoms with Gasteiger partial charge in [0.25, 0.3) is 5.91 Å². The van der Waals surface area contributed by atoms with Crippen molar-refractivity contribution in [1.29, 1.82) is 0 Å². The Hall–Kier alpha value is -3.78. The fraction of sp³-hybridized carbons (Fsp3) is 0.222. The van der Waals surface area contributed by atoms with E-state index in [2.05, 4.69) is 33.2 Å². The molecule has 0 saturated heterocycles. The molecule has 2 aromatic heterocycles. The first-order valence-corrected chi connectivity index (χ1v) is 13.3. The highest BCUT2D eigenvalue weighted by Gasteiger charge is 2.14. The second-order valence-corrected chi connectivity index (χ2v) is 10.0. The largest absolute Gasteiger partial charge is 0.377 e. The van der Waals surface area contributed by atoms with Crippen molar-refractivity contribution in [1.82, 2.24) is 9.97 Å². The van der Waals surface area contributed by atoms with Crippen LogP contribution in [0.15, 0.2) is 78.1 Å². The maximum Gasteiger partial charge on any atom is 0.257 e. The molecule has 0 aliphatic heterocycles. The van der Waals surface area contributed by atoms with E-state index >= 15 is 0 Å². The van der Waals surface area contributed by atoms with Crippen molar-refractivity contribution in [2.45, 2.75) is 38.3 Å². The first-order chi connectivity index (χ1) is 16.7. The summed E-state index contributed by atoms with van der Waals surface area (Å²) < 4.78 is 23.1. The van der Waals surface area contributed by atoms with Crippen LogP contribution in [0, 0.1) is 0 Å². The molecule has 1 atom stereocenters. The van der Waals surface area contributed by atoms with E-state index in [1.807, 2.05) is 57.3 Å². The SMILES string of the molecule is C=C1C=Cc2ncc(N[C@@H](C)c3cccc(NC(=O)c4ccc(S(C)(=O)=O)nc4)c3)cc2C1.CC.[HH].[HH]. The molecule has 0 bridgehead atoms. The number of nitrogens with zero attached hydrogens (tertiary/aromatic N) is 2. The Morgan fingerprint density at radius 3 is 2.51 bits per heavy atom. The lowest BCUT2D eigenvalue weighted by molar-refractivity contribution is 0.102. The molecule has 8 heteroatoms. The van der Waals surface area contributed by atoms with Crippen LogP contribution in [0.25, 0.3) is 6.08 Å². The number of carbonyl (C=O) groups excluding carboxylic acids is 1. The molecule has 0 unspecified atom stereocenters. The molecule has 1 aromatic carbocycles. The fourth-order valence-electron chi connectivity index (χ4n) is 3.55. The van der Waals surface area contributed by atoms with Crippen LogP contribution >= 0.6 is 0 Å². The van der Waals surface area contributed by atoms with Crippen molar-refractivity contribution in [2.24, 2.45) is 0 Å². The second kappa shape index (κ2) is 11.1. The molecule has 35 heavy (non-hydrogen) atoms. The van der Waals surface area contributed by atoms with Crippen molar-refractivity contribution < 1.29 is 16.1 Å². The number of amides is 1. The number of anilines is 2. The van der Waals surface area contributed by atoms with Crippen LogP contribution in [0.4, 0.5) is 11.4 Å². The molecule has 1 aliphatic carbocycles. The van der Waals surface area contributed by atoms with Gasteiger partial charge in [-0.3, -0.25) is 9.78 Å². The minimum absolute atomic E-state index is 0. The van der Waals surface area contributed by atoms with E-state index in [9.17, 15) is 13.2 Å². The summed E-state index contributed by atoms with van der Waals surface area (Å²) in [6.07, 6.45) is 8.89. The number of hydrogen-bond donors (Lipinski definition) is 2. The lowest BCUT2D eigenvalue weighted by atomic mass is 9.98. The Morgan fingerprint density at radius 1 is 1.06 bits per heavy atom. The maximum absolute atomic E-state index is 12.6. The van der Waals surface area contributed by atoms with E-state index < -0.39 is 9.84 Å². The monoisotopic (exact) mass is 494 g/mol. The summed E-state index contributed by atoms with van der Waals surface area (Å²) in [5.74, 6) is -0.368. The minimum Gasteiger partial charge on any atom is -0.377 e. The molecule has 186 valence electrons. The number of pyridine rings is 2. The Kier molecular flexibility index (Phi) is 8.19. The lowest BCUT2D eigenvalue weighted by Gasteiger charge is -2.19. The summed E-state index contributed by atoms with van der Waals surface area (Å²) in [4.78, 5) is 21.0. The van der Waals surface area contributed by atoms with Gasteiger partial charge in [0.05, 0.1) is 23.1 Å². The third-order valence-electron chi connectivity index (χ3n) is 5.30. The number of sulfone groups is 1. The highest BCUT2D eigenvalue weighted by atomic mass is 32.2. The maximum atomic E-state index is 12.6. The fourth-order valence-corrected chi connectivity index (χ4v) is 4.11. The molecule has 4 rings (SSSR count). The third kappa shape index (κ3) is 6.64. The molecule has 1 aliphatic rings. The van der Waals surface area contributed by atoms with Gasteiger partial charge in [0.15, 0.2) is 14.9 Å². The van der Waals surface area contributed by atoms with Gasteiger partial charge in [-0.25, -0.2) is 13.4 Å². The molecule has 0 spiro atoms. The molecule has 0 saturated carbocycles. The quantitative estimate of drug-likeness (QED) is 0.439. The number of aromatic nitrogens is 2. The minimum atomic E-state index is -3.42. The summed E-state index contributed by atoms with van der Waals surface area (Å²) >= 11 is 0. The van der Waals surface area contributed by atoms with Crippen LogP contribution < -0.4 is 10.6 Å². The summed E-state index contributed by atoms with van der Waals surface area (Å²) in [5.41, 5.74) is 5.95. The molecular formula is C27H34N4O3S. The first-order valence-electron chi connectivity index (χ1n) is 11.4. The predicted molar refractivity (Wildman–Crippen MR) is 145 cm³/mol. The second-order valence-electron chi connectivity index (χ2n) is 8.04. The van der Waals surface area contributed by atoms with Crippen LogP contribution in [-0.4, -0.2) is 30.5 Å². The first kappa shape index (κ1) is 25.8. The van der Waals surface area contributed by atoms with Gasteiger partial charge >= 0.3 is 0 Å². The number of benzene rings is 1. The van der Waals surface area contributed by atoms with Crippen LogP contribution in [-0.2, 0) is 16.3 Å². The molecule has 0 radical (unpaired) electrons. The van der Waals surface area contributed by atoms with Crippen LogP contribution in [0.5, 0.6) is 0 Å². The van der Waals surface area contributed by atoms with E-state index in [0.29, 0.717) is 5.69 Å². The van der Waals surface area contributed by atoms with E-state index in [-0.39, 0.29) is 25.4 Å². The van der Waals surface area contributed by atoms with Gasteiger partial charge in [0, 0.05) is 27.0 Å². The lowest BCUT2D eigenvalue weighted by Crippen LogP contribution is -2.14. The summed E-state index contributed by atoms with van der Waals surface area (Å²) in [7, 11) is -3.42. The molecule has 1 amide bonds. The zero-order valence-corrected chi connectivity index (χ0v) is 21.2. The van der Waals surface area contributed by atoms with Gasteiger partial charge in [0.2, 0.25) is 0 Å². The van der Waals surface area contributed by atoms with E-state index in [1.165, 1.54) is 18.3 Å². The Bertz CT molecular complexity index is 1370. The molecule has 2 heterocycles. The standard InChI is InChI=1S/C25H24N4O3S.C2H6.2H2/c1-16-7-9-23-20(11-16)13-22(15-26-23)28-17(2)18-5-4-6-21(12-18)29-25(30)19-8-10-24(27-14-19)33(3,31)32;1-2;;/h4-10,12-15,17,28H,1,11H2,2-3H3,(H,29,30);1-2H3;2*1H/t17-;;;/m0.../s1. The topological polar surface area (TPSA) is 101 Å². The molecule has 0 fully saturated rings. The molecular weight excluding hydrogens is 460 g/mol. The highest BCUT2D eigenvalue weighted by molar-refractivity contribution is 7.90. The van der Waals surface area contributed by atoms with E-state index in [4.69, 9.17) is 0 Å². The molecule has 3 aromatic rings. The third-order valence-corrected chi connectivity index (χ3v) is 6.30. The highest BCUT2D eigenvalue weighted by Crippen LogP contribution is 2.26. The van der Waals surface area contributed by atoms with Gasteiger partial charge in [-0.1, -0.05) is 44.2 Å². The zero-order chi connectivity index (χ0) is 25.6. The summed E-state index contributed by atoms with van der Waals surface area (Å²) in [5, 5.41) is 6.22. The zero-order valence-electron chi connectivity index (χ0n) is 20.4. The van der Waals surface area contributed by atoms with Crippen LogP contribution in [0.1, 0.15) is 56.8 Å². The summed E-state index contributed by atoms with van der Waals surface area (Å²) in [6, 6.07) is 12.4. The molecule has 7 nitrogen and oxygen atoms in total. The van der Waals surface area contributed by atoms with Crippen molar-refractivity contribution >= 4 is 33.2 Å². The van der Waals surface area contributed by atoms with E-state index in [1.54, 1.807) is 6.07 Å². The number of hydrogen-bond acceptors (Lipinski definition) is 6. The average Bonchev–Trinajstić information content (AvgIpc) is 2.84. The van der Waals surface area contributed by atoms with E-state index in [0.717, 1.165) is 40.8 Å². The summed E-state index contributed by atoms with van der Waals surface area (Å²) in [6.45, 7) is 10.1. The van der Waals surface area contributed by atoms with Gasteiger partial charge in [-0.2, -0.15) is 0 Å². The van der Waals surface area contributed by atoms with Crippen molar-refractivity contribution in [3.05, 3.63) is 95.5 Å². The van der Waals surface area contributed by atoms with Crippen molar-refractivity contribution in [2.75, 3.05) is 16.9 Å². The van der Waals surface area contributed by atoms with Crippen LogP contribution in [0.3, 0.4) is 0 Å². The van der Waals surface area contributed by atoms with Gasteiger partial charge in [-0.05, 0) is 60.9 Å².